The number of rotatable bonds is 8. The lowest BCUT2D eigenvalue weighted by Gasteiger charge is -2.19. The number of carbonyl (C=O) groups is 4. The van der Waals surface area contributed by atoms with Gasteiger partial charge in [-0.15, -0.1) is 0 Å². The number of amides is 4. The van der Waals surface area contributed by atoms with Crippen LogP contribution >= 0.6 is 0 Å². The van der Waals surface area contributed by atoms with E-state index in [2.05, 4.69) is 21.3 Å². The second-order valence-electron chi connectivity index (χ2n) is 8.95. The van der Waals surface area contributed by atoms with Gasteiger partial charge in [0.15, 0.2) is 0 Å². The van der Waals surface area contributed by atoms with Gasteiger partial charge in [0.25, 0.3) is 11.8 Å². The monoisotopic (exact) mass is 450 g/mol. The molecule has 0 fully saturated rings. The van der Waals surface area contributed by atoms with Crippen molar-refractivity contribution in [3.05, 3.63) is 35.4 Å². The van der Waals surface area contributed by atoms with Crippen LogP contribution in [0.1, 0.15) is 62.3 Å². The molecule has 4 amide bonds. The van der Waals surface area contributed by atoms with E-state index in [1.54, 1.807) is 59.7 Å². The molecule has 0 aliphatic heterocycles. The first-order chi connectivity index (χ1) is 14.8. The molecule has 32 heavy (non-hydrogen) atoms. The van der Waals surface area contributed by atoms with E-state index in [1.807, 2.05) is 0 Å². The van der Waals surface area contributed by atoms with E-state index >= 15 is 0 Å². The van der Waals surface area contributed by atoms with E-state index < -0.39 is 23.4 Å². The number of carbonyl (C=O) groups excluding carboxylic acids is 4. The summed E-state index contributed by atoms with van der Waals surface area (Å²) in [7, 11) is 0. The van der Waals surface area contributed by atoms with Gasteiger partial charge in [-0.1, -0.05) is 6.07 Å². The third-order valence-corrected chi connectivity index (χ3v) is 3.54. The lowest BCUT2D eigenvalue weighted by Crippen LogP contribution is -2.38. The Morgan fingerprint density at radius 2 is 1.00 bits per heavy atom. The zero-order valence-electron chi connectivity index (χ0n) is 19.6. The predicted octanol–water partition coefficient (Wildman–Crippen LogP) is 2.20. The molecule has 178 valence electrons. The molecule has 10 nitrogen and oxygen atoms in total. The lowest BCUT2D eigenvalue weighted by atomic mass is 10.1. The second-order valence-corrected chi connectivity index (χ2v) is 8.95. The predicted molar refractivity (Wildman–Crippen MR) is 120 cm³/mol. The Morgan fingerprint density at radius 3 is 1.34 bits per heavy atom. The summed E-state index contributed by atoms with van der Waals surface area (Å²) >= 11 is 0. The quantitative estimate of drug-likeness (QED) is 0.449. The average molecular weight is 451 g/mol. The normalized spacial score (nSPS) is 11.2. The molecule has 0 spiro atoms. The molecule has 1 aromatic carbocycles. The summed E-state index contributed by atoms with van der Waals surface area (Å²) in [4.78, 5) is 47.7. The molecule has 0 aromatic heterocycles. The minimum Gasteiger partial charge on any atom is -0.444 e. The maximum atomic E-state index is 12.3. The van der Waals surface area contributed by atoms with Crippen LogP contribution in [0.5, 0.6) is 0 Å². The van der Waals surface area contributed by atoms with Crippen molar-refractivity contribution in [1.82, 2.24) is 21.3 Å². The molecule has 0 saturated carbocycles. The third kappa shape index (κ3) is 11.8. The number of ether oxygens (including phenoxy) is 2. The summed E-state index contributed by atoms with van der Waals surface area (Å²) in [6.07, 6.45) is -1.13. The van der Waals surface area contributed by atoms with Gasteiger partial charge in [0.05, 0.1) is 0 Å². The van der Waals surface area contributed by atoms with Crippen molar-refractivity contribution in [2.45, 2.75) is 52.7 Å². The Labute approximate surface area is 188 Å². The van der Waals surface area contributed by atoms with E-state index in [4.69, 9.17) is 9.47 Å². The van der Waals surface area contributed by atoms with Crippen molar-refractivity contribution in [3.63, 3.8) is 0 Å². The third-order valence-electron chi connectivity index (χ3n) is 3.54. The molecule has 0 heterocycles. The molecule has 0 aliphatic carbocycles. The highest BCUT2D eigenvalue weighted by molar-refractivity contribution is 5.99. The second kappa shape index (κ2) is 11.9. The molecule has 0 unspecified atom stereocenters. The van der Waals surface area contributed by atoms with Crippen LogP contribution in [0.3, 0.4) is 0 Å². The van der Waals surface area contributed by atoms with E-state index in [1.165, 1.54) is 6.07 Å². The van der Waals surface area contributed by atoms with Crippen molar-refractivity contribution < 1.29 is 28.7 Å². The van der Waals surface area contributed by atoms with Crippen molar-refractivity contribution in [2.75, 3.05) is 26.2 Å². The van der Waals surface area contributed by atoms with Gasteiger partial charge in [0.2, 0.25) is 0 Å². The molecule has 0 saturated heterocycles. The maximum Gasteiger partial charge on any atom is 0.407 e. The van der Waals surface area contributed by atoms with Crippen LogP contribution in [0, 0.1) is 0 Å². The van der Waals surface area contributed by atoms with Crippen LogP contribution in [-0.4, -0.2) is 61.4 Å². The summed E-state index contributed by atoms with van der Waals surface area (Å²) in [6, 6.07) is 6.23. The van der Waals surface area contributed by atoms with Crippen LogP contribution in [0.2, 0.25) is 0 Å². The average Bonchev–Trinajstić information content (AvgIpc) is 2.65. The van der Waals surface area contributed by atoms with Gasteiger partial charge < -0.3 is 30.7 Å². The Balaban J connectivity index is 2.41. The van der Waals surface area contributed by atoms with Crippen LogP contribution in [0.4, 0.5) is 9.59 Å². The Bertz CT molecular complexity index is 748. The molecule has 0 atom stereocenters. The maximum absolute atomic E-state index is 12.3. The summed E-state index contributed by atoms with van der Waals surface area (Å²) in [5, 5.41) is 10.4. The van der Waals surface area contributed by atoms with E-state index in [9.17, 15) is 19.2 Å². The number of benzene rings is 1. The minimum atomic E-state index is -0.597. The van der Waals surface area contributed by atoms with Gasteiger partial charge in [-0.05, 0) is 59.7 Å². The minimum absolute atomic E-state index is 0.199. The molecule has 4 N–H and O–H groups in total. The van der Waals surface area contributed by atoms with Crippen molar-refractivity contribution in [3.8, 4) is 0 Å². The number of hydrogen-bond acceptors (Lipinski definition) is 6. The van der Waals surface area contributed by atoms with Gasteiger partial charge in [-0.3, -0.25) is 9.59 Å². The highest BCUT2D eigenvalue weighted by atomic mass is 16.6. The molecular formula is C22H34N4O6. The Hall–Kier alpha value is -3.30. The first-order valence-corrected chi connectivity index (χ1v) is 10.4. The standard InChI is InChI=1S/C22H34N4O6/c1-21(2,3)31-19(29)25-12-10-23-17(27)15-8-7-9-16(14-15)18(28)24-11-13-26-20(30)32-22(4,5)6/h7-9,14H,10-13H2,1-6H3,(H,23,27)(H,24,28)(H,25,29)(H,26,30). The topological polar surface area (TPSA) is 135 Å². The molecule has 1 aromatic rings. The zero-order valence-corrected chi connectivity index (χ0v) is 19.6. The molecule has 0 radical (unpaired) electrons. The molecule has 1 rings (SSSR count). The summed E-state index contributed by atoms with van der Waals surface area (Å²) < 4.78 is 10.2. The Kier molecular flexibility index (Phi) is 9.96. The Morgan fingerprint density at radius 1 is 0.656 bits per heavy atom. The summed E-state index contributed by atoms with van der Waals surface area (Å²) in [5.41, 5.74) is -0.580. The summed E-state index contributed by atoms with van der Waals surface area (Å²) in [6.45, 7) is 11.4. The highest BCUT2D eigenvalue weighted by Crippen LogP contribution is 2.07. The smallest absolute Gasteiger partial charge is 0.407 e. The van der Waals surface area contributed by atoms with E-state index in [-0.39, 0.29) is 38.0 Å². The fourth-order valence-corrected chi connectivity index (χ4v) is 2.32. The molecule has 0 bridgehead atoms. The fourth-order valence-electron chi connectivity index (χ4n) is 2.32. The van der Waals surface area contributed by atoms with E-state index in [0.29, 0.717) is 11.1 Å². The zero-order chi connectivity index (χ0) is 24.4. The van der Waals surface area contributed by atoms with Gasteiger partial charge in [-0.25, -0.2) is 9.59 Å². The fraction of sp³-hybridized carbons (Fsp3) is 0.545. The largest absolute Gasteiger partial charge is 0.444 e. The van der Waals surface area contributed by atoms with Crippen molar-refractivity contribution >= 4 is 24.0 Å². The van der Waals surface area contributed by atoms with Gasteiger partial charge >= 0.3 is 12.2 Å². The van der Waals surface area contributed by atoms with Crippen molar-refractivity contribution in [2.24, 2.45) is 0 Å². The number of nitrogens with one attached hydrogen (secondary N) is 4. The molecule has 10 heteroatoms. The van der Waals surface area contributed by atoms with Crippen LogP contribution in [0.15, 0.2) is 24.3 Å². The van der Waals surface area contributed by atoms with E-state index in [0.717, 1.165) is 0 Å². The van der Waals surface area contributed by atoms with Gasteiger partial charge in [0.1, 0.15) is 11.2 Å². The first-order valence-electron chi connectivity index (χ1n) is 10.4. The SMILES string of the molecule is CC(C)(C)OC(=O)NCCNC(=O)c1cccc(C(=O)NCCNC(=O)OC(C)(C)C)c1. The highest BCUT2D eigenvalue weighted by Gasteiger charge is 2.17. The van der Waals surface area contributed by atoms with Crippen LogP contribution in [0.25, 0.3) is 0 Å². The summed E-state index contributed by atoms with van der Waals surface area (Å²) in [5.74, 6) is -0.755. The first kappa shape index (κ1) is 26.7. The molecule has 0 aliphatic rings. The number of alkyl carbamates (subject to hydrolysis) is 2. The van der Waals surface area contributed by atoms with Gasteiger partial charge in [0, 0.05) is 37.3 Å². The van der Waals surface area contributed by atoms with Crippen LogP contribution < -0.4 is 21.3 Å². The lowest BCUT2D eigenvalue weighted by molar-refractivity contribution is 0.0516. The molecular weight excluding hydrogens is 416 g/mol. The van der Waals surface area contributed by atoms with Crippen molar-refractivity contribution in [1.29, 1.82) is 0 Å². The van der Waals surface area contributed by atoms with Crippen LogP contribution in [-0.2, 0) is 9.47 Å². The number of hydrogen-bond donors (Lipinski definition) is 4. The van der Waals surface area contributed by atoms with Gasteiger partial charge in [-0.2, -0.15) is 0 Å².